The van der Waals surface area contributed by atoms with Gasteiger partial charge in [0.15, 0.2) is 0 Å². The van der Waals surface area contributed by atoms with Crippen molar-refractivity contribution in [3.8, 4) is 0 Å². The second-order valence-corrected chi connectivity index (χ2v) is 5.83. The number of hydrogen-bond donors (Lipinski definition) is 3. The summed E-state index contributed by atoms with van der Waals surface area (Å²) >= 11 is 0. The van der Waals surface area contributed by atoms with Crippen molar-refractivity contribution in [2.75, 3.05) is 19.7 Å². The monoisotopic (exact) mass is 288 g/mol. The van der Waals surface area contributed by atoms with E-state index in [0.29, 0.717) is 12.6 Å². The van der Waals surface area contributed by atoms with Crippen LogP contribution >= 0.6 is 0 Å². The maximum absolute atomic E-state index is 9.15. The normalized spacial score (nSPS) is 14.4. The summed E-state index contributed by atoms with van der Waals surface area (Å²) < 4.78 is 0. The van der Waals surface area contributed by atoms with E-state index in [1.54, 1.807) is 6.92 Å². The zero-order valence-electron chi connectivity index (χ0n) is 13.8. The first-order valence-corrected chi connectivity index (χ1v) is 8.43. The summed E-state index contributed by atoms with van der Waals surface area (Å²) in [5, 5.41) is 12.4. The molecule has 0 radical (unpaired) electrons. The van der Waals surface area contributed by atoms with Crippen molar-refractivity contribution >= 4 is 0 Å². The van der Waals surface area contributed by atoms with Gasteiger partial charge >= 0.3 is 0 Å². The Hall–Kier alpha value is -0.160. The van der Waals surface area contributed by atoms with E-state index < -0.39 is 0 Å². The summed E-state index contributed by atoms with van der Waals surface area (Å²) in [6.07, 6.45) is 10.3. The molecule has 0 aromatic carbocycles. The molecule has 0 spiro atoms. The highest BCUT2D eigenvalue weighted by molar-refractivity contribution is 4.63. The Bertz CT molecular complexity index is 189. The van der Waals surface area contributed by atoms with E-state index in [4.69, 9.17) is 9.94 Å². The van der Waals surface area contributed by atoms with Crippen LogP contribution in [0.5, 0.6) is 0 Å². The van der Waals surface area contributed by atoms with Crippen molar-refractivity contribution < 1.29 is 9.94 Å². The van der Waals surface area contributed by atoms with Crippen LogP contribution in [0, 0.1) is 0 Å². The van der Waals surface area contributed by atoms with Crippen molar-refractivity contribution in [3.05, 3.63) is 0 Å². The van der Waals surface area contributed by atoms with Gasteiger partial charge in [-0.1, -0.05) is 51.9 Å². The Morgan fingerprint density at radius 1 is 0.900 bits per heavy atom. The van der Waals surface area contributed by atoms with Crippen LogP contribution in [0.25, 0.3) is 0 Å². The lowest BCUT2D eigenvalue weighted by Gasteiger charge is -2.15. The van der Waals surface area contributed by atoms with Crippen LogP contribution in [0.1, 0.15) is 72.1 Å². The van der Waals surface area contributed by atoms with Gasteiger partial charge in [-0.15, -0.1) is 0 Å². The first kappa shape index (κ1) is 19.8. The van der Waals surface area contributed by atoms with Gasteiger partial charge < -0.3 is 15.3 Å². The van der Waals surface area contributed by atoms with E-state index in [2.05, 4.69) is 24.6 Å². The molecule has 0 aliphatic heterocycles. The number of hydroxylamine groups is 1. The van der Waals surface area contributed by atoms with Crippen molar-refractivity contribution in [2.45, 2.75) is 84.3 Å². The van der Waals surface area contributed by atoms with Crippen LogP contribution < -0.4 is 10.8 Å². The maximum Gasteiger partial charge on any atom is 0.0682 e. The van der Waals surface area contributed by atoms with E-state index in [0.717, 1.165) is 19.6 Å². The third kappa shape index (κ3) is 15.9. The second kappa shape index (κ2) is 15.2. The Kier molecular flexibility index (Phi) is 15.1. The molecule has 2 unspecified atom stereocenters. The van der Waals surface area contributed by atoms with Crippen LogP contribution in [0.2, 0.25) is 0 Å². The summed E-state index contributed by atoms with van der Waals surface area (Å²) in [6.45, 7) is 8.30. The summed E-state index contributed by atoms with van der Waals surface area (Å²) in [5.74, 6) is 0. The van der Waals surface area contributed by atoms with Gasteiger partial charge in [-0.25, -0.2) is 5.48 Å². The van der Waals surface area contributed by atoms with Crippen LogP contribution in [-0.4, -0.2) is 36.9 Å². The molecule has 2 atom stereocenters. The molecule has 0 aromatic rings. The van der Waals surface area contributed by atoms with E-state index in [1.807, 2.05) is 0 Å². The molecule has 4 nitrogen and oxygen atoms in total. The average Bonchev–Trinajstić information content (AvgIpc) is 2.42. The first-order chi connectivity index (χ1) is 9.66. The lowest BCUT2D eigenvalue weighted by atomic mass is 10.1. The fourth-order valence-electron chi connectivity index (χ4n) is 2.01. The second-order valence-electron chi connectivity index (χ2n) is 5.83. The smallest absolute Gasteiger partial charge is 0.0682 e. The molecule has 0 amide bonds. The van der Waals surface area contributed by atoms with E-state index in [-0.39, 0.29) is 6.10 Å². The van der Waals surface area contributed by atoms with Gasteiger partial charge in [-0.2, -0.15) is 0 Å². The minimum Gasteiger partial charge on any atom is -0.392 e. The molecule has 0 saturated carbocycles. The first-order valence-electron chi connectivity index (χ1n) is 8.43. The van der Waals surface area contributed by atoms with Gasteiger partial charge in [0.05, 0.1) is 12.7 Å². The zero-order valence-corrected chi connectivity index (χ0v) is 13.8. The minimum absolute atomic E-state index is 0.296. The molecule has 4 heteroatoms. The minimum atomic E-state index is -0.296. The van der Waals surface area contributed by atoms with Gasteiger partial charge in [-0.3, -0.25) is 0 Å². The molecule has 0 aromatic heterocycles. The fourth-order valence-corrected chi connectivity index (χ4v) is 2.01. The molecule has 122 valence electrons. The van der Waals surface area contributed by atoms with Crippen molar-refractivity contribution in [1.29, 1.82) is 0 Å². The molecule has 0 bridgehead atoms. The fraction of sp³-hybridized carbons (Fsp3) is 1.00. The predicted molar refractivity (Wildman–Crippen MR) is 85.7 cm³/mol. The molecule has 3 N–H and O–H groups in total. The molecule has 0 fully saturated rings. The number of unbranched alkanes of at least 4 members (excludes halogenated alkanes) is 7. The molecule has 0 aliphatic carbocycles. The van der Waals surface area contributed by atoms with E-state index in [1.165, 1.54) is 44.9 Å². The Labute approximate surface area is 125 Å². The highest BCUT2D eigenvalue weighted by atomic mass is 16.6. The number of aliphatic hydroxyl groups excluding tert-OH is 1. The summed E-state index contributed by atoms with van der Waals surface area (Å²) in [6, 6.07) is 0.308. The summed E-state index contributed by atoms with van der Waals surface area (Å²) in [7, 11) is 0. The van der Waals surface area contributed by atoms with Crippen LogP contribution in [0.3, 0.4) is 0 Å². The van der Waals surface area contributed by atoms with Crippen molar-refractivity contribution in [1.82, 2.24) is 10.8 Å². The molecule has 20 heavy (non-hydrogen) atoms. The van der Waals surface area contributed by atoms with Crippen molar-refractivity contribution in [2.24, 2.45) is 0 Å². The topological polar surface area (TPSA) is 53.5 Å². The van der Waals surface area contributed by atoms with Gasteiger partial charge in [0.2, 0.25) is 0 Å². The van der Waals surface area contributed by atoms with E-state index in [9.17, 15) is 0 Å². The lowest BCUT2D eigenvalue weighted by molar-refractivity contribution is 0.0335. The largest absolute Gasteiger partial charge is 0.392 e. The predicted octanol–water partition coefficient (Wildman–Crippen LogP) is 3.01. The van der Waals surface area contributed by atoms with Gasteiger partial charge in [0.1, 0.15) is 0 Å². The standard InChI is InChI=1S/C16H36N2O2/c1-4-5-6-7-8-9-10-11-12-20-18-13-15(2)17-14-16(3)19/h15-19H,4-14H2,1-3H3. The molecule has 0 heterocycles. The number of nitrogens with one attached hydrogen (secondary N) is 2. The lowest BCUT2D eigenvalue weighted by Crippen LogP contribution is -2.39. The van der Waals surface area contributed by atoms with Gasteiger partial charge in [0, 0.05) is 19.1 Å². The maximum atomic E-state index is 9.15. The highest BCUT2D eigenvalue weighted by Crippen LogP contribution is 2.08. The summed E-state index contributed by atoms with van der Waals surface area (Å²) in [4.78, 5) is 5.40. The number of aliphatic hydroxyl groups is 1. The zero-order chi connectivity index (χ0) is 15.1. The third-order valence-electron chi connectivity index (χ3n) is 3.35. The quantitative estimate of drug-likeness (QED) is 0.320. The molecule has 0 rings (SSSR count). The van der Waals surface area contributed by atoms with Crippen LogP contribution in [0.4, 0.5) is 0 Å². The SMILES string of the molecule is CCCCCCCCCCONCC(C)NCC(C)O. The van der Waals surface area contributed by atoms with E-state index >= 15 is 0 Å². The highest BCUT2D eigenvalue weighted by Gasteiger charge is 2.02. The Morgan fingerprint density at radius 2 is 1.50 bits per heavy atom. The van der Waals surface area contributed by atoms with Crippen molar-refractivity contribution in [3.63, 3.8) is 0 Å². The van der Waals surface area contributed by atoms with Crippen LogP contribution in [0.15, 0.2) is 0 Å². The van der Waals surface area contributed by atoms with Gasteiger partial charge in [-0.05, 0) is 20.3 Å². The van der Waals surface area contributed by atoms with Crippen LogP contribution in [-0.2, 0) is 4.84 Å². The molecular weight excluding hydrogens is 252 g/mol. The van der Waals surface area contributed by atoms with Gasteiger partial charge in [0.25, 0.3) is 0 Å². The molecule has 0 aliphatic rings. The number of hydrogen-bond acceptors (Lipinski definition) is 4. The molecular formula is C16H36N2O2. The summed E-state index contributed by atoms with van der Waals surface area (Å²) in [5.41, 5.74) is 2.98. The molecule has 0 saturated heterocycles. The Balaban J connectivity index is 3.09. The third-order valence-corrected chi connectivity index (χ3v) is 3.35. The Morgan fingerprint density at radius 3 is 2.10 bits per heavy atom. The number of rotatable bonds is 15. The average molecular weight is 288 g/mol.